The van der Waals surface area contributed by atoms with E-state index in [2.05, 4.69) is 0 Å². The molecule has 0 heterocycles. The molecule has 0 aromatic carbocycles. The van der Waals surface area contributed by atoms with Gasteiger partial charge in [-0.15, -0.1) is 69.6 Å². The SMILES string of the molecule is ClC1C(Cl)C(Cl)C(Cl)C(Cl)C1Cl.[PbH2]. The molecule has 0 saturated heterocycles. The number of alkyl halides is 6. The molecular formula is C6H8Cl6Pb. The quantitative estimate of drug-likeness (QED) is 0.355. The van der Waals surface area contributed by atoms with Crippen LogP contribution in [0.3, 0.4) is 0 Å². The molecule has 13 heavy (non-hydrogen) atoms. The Kier molecular flexibility index (Phi) is 7.72. The zero-order chi connectivity index (χ0) is 9.46. The van der Waals surface area contributed by atoms with Crippen LogP contribution in [0.15, 0.2) is 0 Å². The maximum absolute atomic E-state index is 5.88. The van der Waals surface area contributed by atoms with Crippen LogP contribution in [0.5, 0.6) is 0 Å². The summed E-state index contributed by atoms with van der Waals surface area (Å²) in [7, 11) is 0. The molecule has 78 valence electrons. The normalized spacial score (nSPS) is 51.2. The van der Waals surface area contributed by atoms with Gasteiger partial charge in [-0.1, -0.05) is 0 Å². The Bertz CT molecular complexity index is 109. The molecular weight excluding hydrogens is 492 g/mol. The third kappa shape index (κ3) is 3.31. The number of hydrogen-bond donors (Lipinski definition) is 0. The van der Waals surface area contributed by atoms with Gasteiger partial charge in [0.1, 0.15) is 0 Å². The summed E-state index contributed by atoms with van der Waals surface area (Å²) in [6, 6.07) is 0. The first-order chi connectivity index (χ1) is 5.46. The molecule has 1 saturated carbocycles. The molecule has 0 unspecified atom stereocenters. The molecule has 7 heteroatoms. The fraction of sp³-hybridized carbons (Fsp3) is 1.00. The Morgan fingerprint density at radius 3 is 0.538 bits per heavy atom. The van der Waals surface area contributed by atoms with Gasteiger partial charge in [-0.2, -0.15) is 0 Å². The molecule has 0 spiro atoms. The van der Waals surface area contributed by atoms with E-state index >= 15 is 0 Å². The summed E-state index contributed by atoms with van der Waals surface area (Å²) in [5.74, 6) is 0. The van der Waals surface area contributed by atoms with Crippen molar-refractivity contribution in [2.45, 2.75) is 32.3 Å². The van der Waals surface area contributed by atoms with Gasteiger partial charge in [0.2, 0.25) is 0 Å². The maximum atomic E-state index is 5.88. The monoisotopic (exact) mass is 498 g/mol. The molecule has 0 N–H and O–H groups in total. The molecule has 0 aliphatic heterocycles. The standard InChI is InChI=1S/C6H6Cl6.Pb.2H/c7-1-2(8)4(10)6(12)5(11)3(1)9;;;/h1-6H;;;. The third-order valence-corrected chi connectivity index (χ3v) is 5.86. The zero-order valence-corrected chi connectivity index (χ0v) is 16.5. The van der Waals surface area contributed by atoms with Crippen LogP contribution in [0, 0.1) is 0 Å². The first kappa shape index (κ1) is 15.7. The molecule has 0 nitrogen and oxygen atoms in total. The van der Waals surface area contributed by atoms with Crippen LogP contribution in [0.4, 0.5) is 0 Å². The molecule has 1 aliphatic rings. The number of rotatable bonds is 0. The van der Waals surface area contributed by atoms with Gasteiger partial charge in [-0.25, -0.2) is 0 Å². The average molecular weight is 500 g/mol. The van der Waals surface area contributed by atoms with Crippen molar-refractivity contribution < 1.29 is 0 Å². The van der Waals surface area contributed by atoms with E-state index in [4.69, 9.17) is 69.6 Å². The van der Waals surface area contributed by atoms with Gasteiger partial charge >= 0.3 is 27.3 Å². The van der Waals surface area contributed by atoms with Crippen molar-refractivity contribution in [3.05, 3.63) is 0 Å². The summed E-state index contributed by atoms with van der Waals surface area (Å²) in [6.45, 7) is 0. The zero-order valence-electron chi connectivity index (χ0n) is 6.44. The van der Waals surface area contributed by atoms with Gasteiger partial charge in [-0.3, -0.25) is 0 Å². The van der Waals surface area contributed by atoms with Crippen molar-refractivity contribution >= 4 is 96.9 Å². The molecule has 1 fully saturated rings. The van der Waals surface area contributed by atoms with E-state index in [1.165, 1.54) is 0 Å². The van der Waals surface area contributed by atoms with E-state index in [-0.39, 0.29) is 27.3 Å². The second-order valence-corrected chi connectivity index (χ2v) is 5.69. The minimum atomic E-state index is -0.437. The van der Waals surface area contributed by atoms with Crippen LogP contribution < -0.4 is 0 Å². The van der Waals surface area contributed by atoms with E-state index in [0.29, 0.717) is 0 Å². The summed E-state index contributed by atoms with van der Waals surface area (Å²) in [5, 5.41) is -2.62. The molecule has 0 bridgehead atoms. The second-order valence-electron chi connectivity index (χ2n) is 2.67. The Morgan fingerprint density at radius 1 is 0.385 bits per heavy atom. The van der Waals surface area contributed by atoms with E-state index in [0.717, 1.165) is 0 Å². The molecule has 1 rings (SSSR count). The third-order valence-electron chi connectivity index (χ3n) is 1.83. The van der Waals surface area contributed by atoms with E-state index < -0.39 is 32.3 Å². The molecule has 1 aliphatic carbocycles. The predicted octanol–water partition coefficient (Wildman–Crippen LogP) is 2.73. The van der Waals surface area contributed by atoms with Gasteiger partial charge < -0.3 is 0 Å². The van der Waals surface area contributed by atoms with Crippen LogP contribution in [0.25, 0.3) is 0 Å². The van der Waals surface area contributed by atoms with Crippen LogP contribution in [-0.4, -0.2) is 59.6 Å². The fourth-order valence-electron chi connectivity index (χ4n) is 1.05. The Hall–Kier alpha value is 2.66. The van der Waals surface area contributed by atoms with Crippen LogP contribution in [-0.2, 0) is 0 Å². The molecule has 0 aromatic rings. The van der Waals surface area contributed by atoms with Gasteiger partial charge in [0, 0.05) is 0 Å². The Labute approximate surface area is 128 Å². The van der Waals surface area contributed by atoms with Crippen molar-refractivity contribution in [2.75, 3.05) is 0 Å². The van der Waals surface area contributed by atoms with Crippen molar-refractivity contribution in [3.8, 4) is 0 Å². The molecule has 0 aromatic heterocycles. The first-order valence-electron chi connectivity index (χ1n) is 3.31. The van der Waals surface area contributed by atoms with Crippen molar-refractivity contribution in [1.82, 2.24) is 0 Å². The predicted molar refractivity (Wildman–Crippen MR) is 66.4 cm³/mol. The molecule has 0 atom stereocenters. The molecule has 2 radical (unpaired) electrons. The van der Waals surface area contributed by atoms with Gasteiger partial charge in [-0.05, 0) is 0 Å². The van der Waals surface area contributed by atoms with Gasteiger partial charge in [0.15, 0.2) is 0 Å². The van der Waals surface area contributed by atoms with Crippen LogP contribution >= 0.6 is 69.6 Å². The molecule has 0 amide bonds. The summed E-state index contributed by atoms with van der Waals surface area (Å²) < 4.78 is 0. The van der Waals surface area contributed by atoms with Gasteiger partial charge in [0.05, 0.1) is 32.3 Å². The minimum absolute atomic E-state index is 0. The topological polar surface area (TPSA) is 0 Å². The summed E-state index contributed by atoms with van der Waals surface area (Å²) in [6.07, 6.45) is 0. The number of halogens is 6. The van der Waals surface area contributed by atoms with Crippen LogP contribution in [0.1, 0.15) is 0 Å². The van der Waals surface area contributed by atoms with E-state index in [1.807, 2.05) is 0 Å². The summed E-state index contributed by atoms with van der Waals surface area (Å²) >= 11 is 35.3. The first-order valence-corrected chi connectivity index (χ1v) is 5.93. The van der Waals surface area contributed by atoms with E-state index in [1.54, 1.807) is 0 Å². The van der Waals surface area contributed by atoms with Crippen LogP contribution in [0.2, 0.25) is 0 Å². The van der Waals surface area contributed by atoms with Gasteiger partial charge in [0.25, 0.3) is 0 Å². The van der Waals surface area contributed by atoms with Crippen molar-refractivity contribution in [1.29, 1.82) is 0 Å². The second kappa shape index (κ2) is 6.41. The fourth-order valence-corrected chi connectivity index (χ4v) is 3.38. The summed E-state index contributed by atoms with van der Waals surface area (Å²) in [5.41, 5.74) is 0. The Morgan fingerprint density at radius 2 is 0.462 bits per heavy atom. The summed E-state index contributed by atoms with van der Waals surface area (Å²) in [4.78, 5) is 0. The van der Waals surface area contributed by atoms with Crippen molar-refractivity contribution in [3.63, 3.8) is 0 Å². The Balaban J connectivity index is 0.00000144. The van der Waals surface area contributed by atoms with Crippen molar-refractivity contribution in [2.24, 2.45) is 0 Å². The number of hydrogen-bond acceptors (Lipinski definition) is 0. The van der Waals surface area contributed by atoms with E-state index in [9.17, 15) is 0 Å². The average Bonchev–Trinajstić information content (AvgIpc) is 2.08.